The molecule has 6 heteroatoms. The molecule has 1 fully saturated rings. The zero-order valence-corrected chi connectivity index (χ0v) is 26.1. The summed E-state index contributed by atoms with van der Waals surface area (Å²) in [4.78, 5) is 15.8. The highest BCUT2D eigenvalue weighted by Gasteiger charge is 2.38. The number of rotatable bonds is 14. The van der Waals surface area contributed by atoms with Gasteiger partial charge in [0.25, 0.3) is 0 Å². The summed E-state index contributed by atoms with van der Waals surface area (Å²) in [5.41, 5.74) is 4.10. The Balaban J connectivity index is 1.28. The van der Waals surface area contributed by atoms with Crippen molar-refractivity contribution >= 4 is 5.91 Å². The lowest BCUT2D eigenvalue weighted by Gasteiger charge is -2.33. The van der Waals surface area contributed by atoms with Crippen LogP contribution in [0.1, 0.15) is 93.0 Å². The second-order valence-electron chi connectivity index (χ2n) is 13.0. The van der Waals surface area contributed by atoms with Gasteiger partial charge in [-0.3, -0.25) is 4.79 Å². The van der Waals surface area contributed by atoms with Gasteiger partial charge in [0, 0.05) is 19.4 Å². The molecule has 0 aromatic heterocycles. The Morgan fingerprint density at radius 1 is 0.909 bits per heavy atom. The highest BCUT2D eigenvalue weighted by atomic mass is 16.5. The van der Waals surface area contributed by atoms with E-state index < -0.39 is 24.4 Å². The summed E-state index contributed by atoms with van der Waals surface area (Å²) in [6.07, 6.45) is 6.78. The monoisotopic (exact) mass is 599 g/mol. The third kappa shape index (κ3) is 8.71. The van der Waals surface area contributed by atoms with Crippen molar-refractivity contribution < 1.29 is 24.9 Å². The highest BCUT2D eigenvalue weighted by Crippen LogP contribution is 2.38. The SMILES string of the molecule is CC(O)C[C@@H](CC1CCCCC1)[C@@H](O)CCC(=O)N(Cc1ccc(OCc2ccccc2)cc1)[C@H]1c2ccccc2C[C@H]1O. The lowest BCUT2D eigenvalue weighted by molar-refractivity contribution is -0.137. The van der Waals surface area contributed by atoms with Crippen molar-refractivity contribution in [3.63, 3.8) is 0 Å². The van der Waals surface area contributed by atoms with Crippen molar-refractivity contribution in [2.24, 2.45) is 11.8 Å². The van der Waals surface area contributed by atoms with Gasteiger partial charge in [-0.1, -0.05) is 98.8 Å². The first-order valence-corrected chi connectivity index (χ1v) is 16.5. The number of hydrogen-bond donors (Lipinski definition) is 3. The third-order valence-electron chi connectivity index (χ3n) is 9.55. The standard InChI is InChI=1S/C38H49NO5/c1-27(40)22-32(23-28-10-4-2-5-11-28)35(41)20-21-37(43)39(38-34-15-9-8-14-31(34)24-36(38)42)25-29-16-18-33(19-17-29)44-26-30-12-6-3-7-13-30/h3,6-9,12-19,27-28,32,35-36,38,40-42H,2,4-5,10-11,20-26H2,1H3/t27?,32-,35-,36+,38-/m0/s1. The Morgan fingerprint density at radius 3 is 2.34 bits per heavy atom. The van der Waals surface area contributed by atoms with Crippen LogP contribution in [0.4, 0.5) is 0 Å². The molecule has 236 valence electrons. The summed E-state index contributed by atoms with van der Waals surface area (Å²) in [6.45, 7) is 2.61. The Labute approximate surface area is 262 Å². The Hall–Kier alpha value is -3.19. The number of nitrogens with zero attached hydrogens (tertiary/aromatic N) is 1. The average molecular weight is 600 g/mol. The topological polar surface area (TPSA) is 90.2 Å². The first-order chi connectivity index (χ1) is 21.4. The molecule has 44 heavy (non-hydrogen) atoms. The molecule has 1 saturated carbocycles. The van der Waals surface area contributed by atoms with Crippen LogP contribution in [-0.2, 0) is 24.4 Å². The molecule has 5 atom stereocenters. The molecule has 3 N–H and O–H groups in total. The van der Waals surface area contributed by atoms with Crippen LogP contribution in [0.5, 0.6) is 5.75 Å². The van der Waals surface area contributed by atoms with Gasteiger partial charge < -0.3 is 25.0 Å². The van der Waals surface area contributed by atoms with E-state index in [4.69, 9.17) is 4.74 Å². The summed E-state index contributed by atoms with van der Waals surface area (Å²) in [5, 5.41) is 32.7. The second-order valence-corrected chi connectivity index (χ2v) is 13.0. The van der Waals surface area contributed by atoms with E-state index >= 15 is 0 Å². The molecule has 0 saturated heterocycles. The Morgan fingerprint density at radius 2 is 1.61 bits per heavy atom. The summed E-state index contributed by atoms with van der Waals surface area (Å²) < 4.78 is 5.97. The molecule has 0 heterocycles. The molecule has 2 aliphatic rings. The number of hydrogen-bond acceptors (Lipinski definition) is 5. The fourth-order valence-corrected chi connectivity index (χ4v) is 7.25. The maximum absolute atomic E-state index is 14.0. The van der Waals surface area contributed by atoms with Crippen molar-refractivity contribution in [1.29, 1.82) is 0 Å². The number of carbonyl (C=O) groups is 1. The molecule has 6 nitrogen and oxygen atoms in total. The van der Waals surface area contributed by atoms with Crippen LogP contribution in [0.25, 0.3) is 0 Å². The van der Waals surface area contributed by atoms with E-state index in [1.54, 1.807) is 11.8 Å². The van der Waals surface area contributed by atoms with Gasteiger partial charge in [-0.15, -0.1) is 0 Å². The van der Waals surface area contributed by atoms with Gasteiger partial charge >= 0.3 is 0 Å². The quantitative estimate of drug-likeness (QED) is 0.191. The molecular formula is C38H49NO5. The maximum atomic E-state index is 14.0. The number of aliphatic hydroxyl groups is 3. The number of aliphatic hydroxyl groups excluding tert-OH is 3. The van der Waals surface area contributed by atoms with E-state index in [1.807, 2.05) is 78.9 Å². The van der Waals surface area contributed by atoms with Crippen LogP contribution < -0.4 is 4.74 Å². The van der Waals surface area contributed by atoms with Crippen LogP contribution in [0.3, 0.4) is 0 Å². The van der Waals surface area contributed by atoms with Crippen molar-refractivity contribution in [2.75, 3.05) is 0 Å². The minimum absolute atomic E-state index is 0.0272. The molecule has 3 aromatic carbocycles. The lowest BCUT2D eigenvalue weighted by atomic mass is 9.78. The summed E-state index contributed by atoms with van der Waals surface area (Å²) in [5.74, 6) is 1.23. The molecule has 0 spiro atoms. The zero-order chi connectivity index (χ0) is 30.9. The smallest absolute Gasteiger partial charge is 0.223 e. The largest absolute Gasteiger partial charge is 0.489 e. The van der Waals surface area contributed by atoms with E-state index in [2.05, 4.69) is 0 Å². The molecule has 1 amide bonds. The van der Waals surface area contributed by atoms with Crippen LogP contribution in [0.15, 0.2) is 78.9 Å². The number of benzene rings is 3. The summed E-state index contributed by atoms with van der Waals surface area (Å²) in [7, 11) is 0. The summed E-state index contributed by atoms with van der Waals surface area (Å²) in [6, 6.07) is 25.4. The van der Waals surface area contributed by atoms with Gasteiger partial charge in [-0.25, -0.2) is 0 Å². The molecule has 5 rings (SSSR count). The van der Waals surface area contributed by atoms with Gasteiger partial charge in [-0.05, 0) is 72.4 Å². The maximum Gasteiger partial charge on any atom is 0.223 e. The molecule has 0 radical (unpaired) electrons. The molecule has 0 aliphatic heterocycles. The fraction of sp³-hybridized carbons (Fsp3) is 0.500. The first-order valence-electron chi connectivity index (χ1n) is 16.5. The minimum atomic E-state index is -0.691. The highest BCUT2D eigenvalue weighted by molar-refractivity contribution is 5.77. The van der Waals surface area contributed by atoms with Gasteiger partial charge in [0.15, 0.2) is 0 Å². The van der Waals surface area contributed by atoms with E-state index in [9.17, 15) is 20.1 Å². The van der Waals surface area contributed by atoms with Gasteiger partial charge in [0.1, 0.15) is 12.4 Å². The van der Waals surface area contributed by atoms with E-state index in [0.29, 0.717) is 38.3 Å². The van der Waals surface area contributed by atoms with Crippen LogP contribution in [0.2, 0.25) is 0 Å². The molecule has 3 aromatic rings. The predicted molar refractivity (Wildman–Crippen MR) is 173 cm³/mol. The van der Waals surface area contributed by atoms with Crippen LogP contribution in [-0.4, -0.2) is 44.4 Å². The van der Waals surface area contributed by atoms with Crippen molar-refractivity contribution in [3.05, 3.63) is 101 Å². The average Bonchev–Trinajstić information content (AvgIpc) is 3.37. The lowest BCUT2D eigenvalue weighted by Crippen LogP contribution is -2.39. The minimum Gasteiger partial charge on any atom is -0.489 e. The fourth-order valence-electron chi connectivity index (χ4n) is 7.25. The van der Waals surface area contributed by atoms with Gasteiger partial charge in [0.2, 0.25) is 5.91 Å². The molecule has 2 aliphatic carbocycles. The predicted octanol–water partition coefficient (Wildman–Crippen LogP) is 6.75. The zero-order valence-electron chi connectivity index (χ0n) is 26.1. The number of amides is 1. The van der Waals surface area contributed by atoms with Gasteiger partial charge in [0.05, 0.1) is 24.4 Å². The number of fused-ring (bicyclic) bond motifs is 1. The number of carbonyl (C=O) groups excluding carboxylic acids is 1. The second kappa shape index (κ2) is 15.7. The third-order valence-corrected chi connectivity index (χ3v) is 9.55. The number of ether oxygens (including phenoxy) is 1. The van der Waals surface area contributed by atoms with Gasteiger partial charge in [-0.2, -0.15) is 0 Å². The summed E-state index contributed by atoms with van der Waals surface area (Å²) >= 11 is 0. The molecular weight excluding hydrogens is 550 g/mol. The van der Waals surface area contributed by atoms with E-state index in [-0.39, 0.29) is 18.2 Å². The van der Waals surface area contributed by atoms with E-state index in [1.165, 1.54) is 32.1 Å². The van der Waals surface area contributed by atoms with Crippen molar-refractivity contribution in [3.8, 4) is 5.75 Å². The Bertz CT molecular complexity index is 1300. The molecule has 1 unspecified atom stereocenters. The molecule has 0 bridgehead atoms. The first kappa shape index (κ1) is 32.2. The van der Waals surface area contributed by atoms with Crippen LogP contribution >= 0.6 is 0 Å². The normalized spacial score (nSPS) is 20.5. The van der Waals surface area contributed by atoms with Crippen molar-refractivity contribution in [2.45, 2.75) is 109 Å². The Kier molecular flexibility index (Phi) is 11.5. The van der Waals surface area contributed by atoms with Crippen LogP contribution in [0, 0.1) is 11.8 Å². The van der Waals surface area contributed by atoms with Crippen molar-refractivity contribution in [1.82, 2.24) is 4.90 Å². The van der Waals surface area contributed by atoms with E-state index in [0.717, 1.165) is 34.4 Å².